The minimum absolute atomic E-state index is 0.00320. The van der Waals surface area contributed by atoms with E-state index in [1.165, 1.54) is 4.90 Å². The van der Waals surface area contributed by atoms with E-state index in [-0.39, 0.29) is 23.8 Å². The minimum Gasteiger partial charge on any atom is -0.280 e. The van der Waals surface area contributed by atoms with Crippen molar-refractivity contribution in [2.24, 2.45) is 0 Å². The van der Waals surface area contributed by atoms with Gasteiger partial charge in [0, 0.05) is 29.3 Å². The van der Waals surface area contributed by atoms with Crippen molar-refractivity contribution in [2.45, 2.75) is 45.1 Å². The molecule has 1 aliphatic rings. The molecule has 2 rings (SSSR count). The van der Waals surface area contributed by atoms with Crippen LogP contribution >= 0.6 is 15.9 Å². The zero-order valence-electron chi connectivity index (χ0n) is 11.2. The summed E-state index contributed by atoms with van der Waals surface area (Å²) in [6.45, 7) is 3.92. The maximum absolute atomic E-state index is 12.2. The number of likely N-dealkylation sites (tertiary alicyclic amines) is 1. The first kappa shape index (κ1) is 14.3. The molecule has 1 fully saturated rings. The van der Waals surface area contributed by atoms with Gasteiger partial charge in [0.15, 0.2) is 0 Å². The molecule has 0 spiro atoms. The number of nitrogens with zero attached hydrogens (tertiary/aromatic N) is 1. The lowest BCUT2D eigenvalue weighted by Gasteiger charge is -2.34. The summed E-state index contributed by atoms with van der Waals surface area (Å²) < 4.78 is 0.981. The van der Waals surface area contributed by atoms with Crippen molar-refractivity contribution in [3.63, 3.8) is 0 Å². The van der Waals surface area contributed by atoms with Gasteiger partial charge in [0.05, 0.1) is 0 Å². The molecule has 0 aromatic heterocycles. The average molecular weight is 324 g/mol. The predicted molar refractivity (Wildman–Crippen MR) is 77.7 cm³/mol. The van der Waals surface area contributed by atoms with E-state index in [1.54, 1.807) is 0 Å². The average Bonchev–Trinajstić information content (AvgIpc) is 2.37. The van der Waals surface area contributed by atoms with E-state index in [2.05, 4.69) is 15.9 Å². The molecule has 1 saturated heterocycles. The second kappa shape index (κ2) is 5.87. The van der Waals surface area contributed by atoms with Gasteiger partial charge < -0.3 is 0 Å². The maximum atomic E-state index is 12.2. The van der Waals surface area contributed by atoms with Crippen LogP contribution in [-0.4, -0.2) is 22.8 Å². The quantitative estimate of drug-likeness (QED) is 0.798. The topological polar surface area (TPSA) is 37.4 Å². The summed E-state index contributed by atoms with van der Waals surface area (Å²) in [4.78, 5) is 25.8. The van der Waals surface area contributed by atoms with Gasteiger partial charge in [0.2, 0.25) is 11.8 Å². The summed E-state index contributed by atoms with van der Waals surface area (Å²) >= 11 is 3.43. The van der Waals surface area contributed by atoms with Crippen LogP contribution in [0.4, 0.5) is 0 Å². The van der Waals surface area contributed by atoms with Gasteiger partial charge in [-0.15, -0.1) is 0 Å². The van der Waals surface area contributed by atoms with E-state index < -0.39 is 0 Å². The Hall–Kier alpha value is -1.16. The fourth-order valence-corrected chi connectivity index (χ4v) is 2.92. The van der Waals surface area contributed by atoms with E-state index in [1.807, 2.05) is 38.1 Å². The van der Waals surface area contributed by atoms with Crippen LogP contribution in [0, 0.1) is 0 Å². The fraction of sp³-hybridized carbons (Fsp3) is 0.467. The highest BCUT2D eigenvalue weighted by Crippen LogP contribution is 2.31. The Balaban J connectivity index is 2.18. The van der Waals surface area contributed by atoms with Crippen molar-refractivity contribution >= 4 is 27.7 Å². The van der Waals surface area contributed by atoms with Crippen molar-refractivity contribution in [3.05, 3.63) is 34.3 Å². The molecule has 0 aliphatic carbocycles. The normalized spacial score (nSPS) is 18.8. The lowest BCUT2D eigenvalue weighted by molar-refractivity contribution is -0.151. The number of piperidine rings is 1. The Bertz CT molecular complexity index is 483. The zero-order chi connectivity index (χ0) is 14.0. The SMILES string of the molecule is CCC(C)N1C(=O)CC(c2cccc(Br)c2)CC1=O. The first-order chi connectivity index (χ1) is 9.02. The Kier molecular flexibility index (Phi) is 4.40. The lowest BCUT2D eigenvalue weighted by Crippen LogP contribution is -2.47. The largest absolute Gasteiger partial charge is 0.280 e. The highest BCUT2D eigenvalue weighted by molar-refractivity contribution is 9.10. The molecular weight excluding hydrogens is 306 g/mol. The molecule has 1 heterocycles. The molecule has 0 bridgehead atoms. The van der Waals surface area contributed by atoms with Gasteiger partial charge in [-0.2, -0.15) is 0 Å². The van der Waals surface area contributed by atoms with E-state index in [0.29, 0.717) is 12.8 Å². The van der Waals surface area contributed by atoms with Crippen LogP contribution in [-0.2, 0) is 9.59 Å². The highest BCUT2D eigenvalue weighted by atomic mass is 79.9. The predicted octanol–water partition coefficient (Wildman–Crippen LogP) is 3.48. The minimum atomic E-state index is -0.0458. The zero-order valence-corrected chi connectivity index (χ0v) is 12.8. The first-order valence-corrected chi connectivity index (χ1v) is 7.42. The first-order valence-electron chi connectivity index (χ1n) is 6.63. The molecule has 19 heavy (non-hydrogen) atoms. The van der Waals surface area contributed by atoms with Gasteiger partial charge in [-0.3, -0.25) is 14.5 Å². The van der Waals surface area contributed by atoms with Gasteiger partial charge in [0.25, 0.3) is 0 Å². The molecular formula is C15H18BrNO2. The van der Waals surface area contributed by atoms with Crippen LogP contribution in [0.15, 0.2) is 28.7 Å². The number of amides is 2. The van der Waals surface area contributed by atoms with Gasteiger partial charge in [-0.1, -0.05) is 35.0 Å². The summed E-state index contributed by atoms with van der Waals surface area (Å²) in [7, 11) is 0. The van der Waals surface area contributed by atoms with Crippen LogP contribution in [0.2, 0.25) is 0 Å². The number of hydrogen-bond acceptors (Lipinski definition) is 2. The Morgan fingerprint density at radius 3 is 2.47 bits per heavy atom. The van der Waals surface area contributed by atoms with E-state index in [0.717, 1.165) is 16.5 Å². The fourth-order valence-electron chi connectivity index (χ4n) is 2.50. The van der Waals surface area contributed by atoms with Crippen molar-refractivity contribution in [1.29, 1.82) is 0 Å². The third kappa shape index (κ3) is 3.06. The molecule has 3 nitrogen and oxygen atoms in total. The van der Waals surface area contributed by atoms with Gasteiger partial charge >= 0.3 is 0 Å². The number of rotatable bonds is 3. The summed E-state index contributed by atoms with van der Waals surface area (Å²) in [5.41, 5.74) is 1.06. The second-order valence-corrected chi connectivity index (χ2v) is 5.99. The molecule has 2 amide bonds. The van der Waals surface area contributed by atoms with Crippen molar-refractivity contribution in [2.75, 3.05) is 0 Å². The Labute approximate surface area is 122 Å². The van der Waals surface area contributed by atoms with Crippen molar-refractivity contribution in [3.8, 4) is 0 Å². The van der Waals surface area contributed by atoms with Crippen LogP contribution in [0.3, 0.4) is 0 Å². The standard InChI is InChI=1S/C15H18BrNO2/c1-3-10(2)17-14(18)8-12(9-15(17)19)11-5-4-6-13(16)7-11/h4-7,10,12H,3,8-9H2,1-2H3. The summed E-state index contributed by atoms with van der Waals surface area (Å²) in [5.74, 6) is -0.0797. The maximum Gasteiger partial charge on any atom is 0.230 e. The summed E-state index contributed by atoms with van der Waals surface area (Å²) in [6.07, 6.45) is 1.65. The number of carbonyl (C=O) groups excluding carboxylic acids is 2. The second-order valence-electron chi connectivity index (χ2n) is 5.07. The van der Waals surface area contributed by atoms with Crippen molar-refractivity contribution < 1.29 is 9.59 Å². The molecule has 1 atom stereocenters. The number of benzene rings is 1. The summed E-state index contributed by atoms with van der Waals surface area (Å²) in [6, 6.07) is 7.86. The molecule has 1 unspecified atom stereocenters. The lowest BCUT2D eigenvalue weighted by atomic mass is 9.88. The number of carbonyl (C=O) groups is 2. The third-order valence-corrected chi connectivity index (χ3v) is 4.22. The van der Waals surface area contributed by atoms with E-state index in [4.69, 9.17) is 0 Å². The van der Waals surface area contributed by atoms with Crippen LogP contribution in [0.25, 0.3) is 0 Å². The monoisotopic (exact) mass is 323 g/mol. The molecule has 0 radical (unpaired) electrons. The number of hydrogen-bond donors (Lipinski definition) is 0. The molecule has 0 saturated carbocycles. The van der Waals surface area contributed by atoms with Gasteiger partial charge in [-0.25, -0.2) is 0 Å². The van der Waals surface area contributed by atoms with Crippen LogP contribution in [0.1, 0.15) is 44.6 Å². The van der Waals surface area contributed by atoms with Gasteiger partial charge in [-0.05, 0) is 31.0 Å². The molecule has 1 aromatic rings. The summed E-state index contributed by atoms with van der Waals surface area (Å²) in [5, 5.41) is 0. The number of imide groups is 1. The third-order valence-electron chi connectivity index (χ3n) is 3.73. The van der Waals surface area contributed by atoms with Crippen molar-refractivity contribution in [1.82, 2.24) is 4.90 Å². The van der Waals surface area contributed by atoms with Crippen LogP contribution < -0.4 is 0 Å². The Morgan fingerprint density at radius 2 is 1.95 bits per heavy atom. The smallest absolute Gasteiger partial charge is 0.230 e. The molecule has 0 N–H and O–H groups in total. The molecule has 4 heteroatoms. The van der Waals surface area contributed by atoms with E-state index >= 15 is 0 Å². The van der Waals surface area contributed by atoms with Gasteiger partial charge in [0.1, 0.15) is 0 Å². The highest BCUT2D eigenvalue weighted by Gasteiger charge is 2.35. The molecule has 102 valence electrons. The number of halogens is 1. The Morgan fingerprint density at radius 1 is 1.32 bits per heavy atom. The molecule has 1 aliphatic heterocycles. The molecule has 1 aromatic carbocycles. The van der Waals surface area contributed by atoms with E-state index in [9.17, 15) is 9.59 Å². The van der Waals surface area contributed by atoms with Crippen LogP contribution in [0.5, 0.6) is 0 Å².